The Kier molecular flexibility index (Phi) is 3.73. The van der Waals surface area contributed by atoms with Crippen molar-refractivity contribution in [2.45, 2.75) is 6.18 Å². The molecule has 0 aliphatic rings. The second kappa shape index (κ2) is 3.82. The van der Waals surface area contributed by atoms with E-state index in [1.807, 2.05) is 0 Å². The van der Waals surface area contributed by atoms with E-state index in [0.717, 1.165) is 0 Å². The van der Waals surface area contributed by atoms with Gasteiger partial charge in [0.1, 0.15) is 11.7 Å². The highest BCUT2D eigenvalue weighted by atomic mass is 32.2. The summed E-state index contributed by atoms with van der Waals surface area (Å²) < 4.78 is 55.0. The van der Waals surface area contributed by atoms with E-state index in [9.17, 15) is 22.1 Å². The van der Waals surface area contributed by atoms with Crippen LogP contribution in [0.3, 0.4) is 0 Å². The molecule has 6 heteroatoms. The van der Waals surface area contributed by atoms with E-state index < -0.39 is 23.1 Å². The van der Waals surface area contributed by atoms with Gasteiger partial charge in [-0.05, 0) is 11.2 Å². The molecule has 1 atom stereocenters. The Morgan fingerprint density at radius 1 is 1.40 bits per heavy atom. The molecule has 1 nitrogen and oxygen atoms in total. The van der Waals surface area contributed by atoms with Crippen LogP contribution in [0.1, 0.15) is 0 Å². The summed E-state index contributed by atoms with van der Waals surface area (Å²) in [5, 5.41) is 0.355. The number of halogens is 4. The molecular formula is C4H4F4OS. The van der Waals surface area contributed by atoms with Crippen LogP contribution in [0, 0.1) is 0 Å². The monoisotopic (exact) mass is 176 g/mol. The lowest BCUT2D eigenvalue weighted by atomic mass is 10.8. The average Bonchev–Trinajstić information content (AvgIpc) is 1.59. The molecule has 0 aromatic carbocycles. The summed E-state index contributed by atoms with van der Waals surface area (Å²) in [7, 11) is 0. The van der Waals surface area contributed by atoms with E-state index in [-0.39, 0.29) is 6.33 Å². The predicted octanol–water partition coefficient (Wildman–Crippen LogP) is 1.74. The number of alkyl halides is 3. The van der Waals surface area contributed by atoms with Crippen LogP contribution in [-0.4, -0.2) is 16.5 Å². The fourth-order valence-corrected chi connectivity index (χ4v) is 0.800. The number of hydrogen-bond donors (Lipinski definition) is 0. The third kappa shape index (κ3) is 5.90. The first kappa shape index (κ1) is 9.77. The first-order chi connectivity index (χ1) is 4.45. The summed E-state index contributed by atoms with van der Waals surface area (Å²) in [6.45, 7) is 0. The van der Waals surface area contributed by atoms with Gasteiger partial charge in [-0.3, -0.25) is 0 Å². The third-order valence-corrected chi connectivity index (χ3v) is 1.53. The van der Waals surface area contributed by atoms with E-state index in [4.69, 9.17) is 0 Å². The predicted molar refractivity (Wildman–Crippen MR) is 29.3 cm³/mol. The second-order valence-electron chi connectivity index (χ2n) is 1.40. The van der Waals surface area contributed by atoms with Crippen molar-refractivity contribution in [3.8, 4) is 0 Å². The Balaban J connectivity index is 3.68. The quantitative estimate of drug-likeness (QED) is 0.464. The van der Waals surface area contributed by atoms with Crippen molar-refractivity contribution in [2.75, 3.05) is 5.75 Å². The highest BCUT2D eigenvalue weighted by Crippen LogP contribution is 2.17. The van der Waals surface area contributed by atoms with Gasteiger partial charge in [0.25, 0.3) is 0 Å². The van der Waals surface area contributed by atoms with E-state index in [0.29, 0.717) is 5.41 Å². The van der Waals surface area contributed by atoms with Crippen molar-refractivity contribution in [3.63, 3.8) is 0 Å². The summed E-state index contributed by atoms with van der Waals surface area (Å²) in [6.07, 6.45) is -4.66. The first-order valence-corrected chi connectivity index (χ1v) is 3.55. The Labute approximate surface area is 57.9 Å². The molecular weight excluding hydrogens is 172 g/mol. The molecule has 0 rings (SSSR count). The molecule has 10 heavy (non-hydrogen) atoms. The first-order valence-electron chi connectivity index (χ1n) is 2.16. The molecule has 0 aliphatic heterocycles. The third-order valence-electron chi connectivity index (χ3n) is 0.509. The van der Waals surface area contributed by atoms with Gasteiger partial charge in [0, 0.05) is 0 Å². The molecule has 0 fully saturated rings. The number of hydrogen-bond acceptors (Lipinski definition) is 1. The van der Waals surface area contributed by atoms with Gasteiger partial charge in [-0.2, -0.15) is 13.2 Å². The zero-order valence-corrected chi connectivity index (χ0v) is 5.51. The molecule has 1 unspecified atom stereocenters. The Bertz CT molecular complexity index is 121. The lowest BCUT2D eigenvalue weighted by molar-refractivity contribution is -0.106. The summed E-state index contributed by atoms with van der Waals surface area (Å²) in [6, 6.07) is 0. The minimum absolute atomic E-state index is 0.165. The topological polar surface area (TPSA) is 23.1 Å². The summed E-state index contributed by atoms with van der Waals surface area (Å²) >= 11 is -2.27. The van der Waals surface area contributed by atoms with Gasteiger partial charge in [-0.1, -0.05) is 0 Å². The molecule has 0 amide bonds. The van der Waals surface area contributed by atoms with Crippen LogP contribution < -0.4 is 0 Å². The van der Waals surface area contributed by atoms with E-state index in [1.165, 1.54) is 0 Å². The smallest absolute Gasteiger partial charge is 0.433 e. The van der Waals surface area contributed by atoms with Crippen molar-refractivity contribution in [3.05, 3.63) is 11.7 Å². The van der Waals surface area contributed by atoms with E-state index in [1.54, 1.807) is 0 Å². The van der Waals surface area contributed by atoms with Crippen molar-refractivity contribution in [2.24, 2.45) is 0 Å². The van der Waals surface area contributed by atoms with E-state index in [2.05, 4.69) is 0 Å². The maximum atomic E-state index is 11.3. The normalized spacial score (nSPS) is 16.1. The molecule has 0 N–H and O–H groups in total. The molecule has 0 spiro atoms. The van der Waals surface area contributed by atoms with Crippen molar-refractivity contribution in [1.29, 1.82) is 0 Å². The van der Waals surface area contributed by atoms with Gasteiger partial charge in [0.05, 0.1) is 0 Å². The molecule has 60 valence electrons. The summed E-state index contributed by atoms with van der Waals surface area (Å²) in [5.74, 6) is -1.49. The van der Waals surface area contributed by atoms with Crippen LogP contribution in [0.4, 0.5) is 17.6 Å². The molecule has 0 aromatic heterocycles. The van der Waals surface area contributed by atoms with Crippen molar-refractivity contribution in [1.82, 2.24) is 0 Å². The van der Waals surface area contributed by atoms with Crippen LogP contribution in [0.2, 0.25) is 0 Å². The average molecular weight is 176 g/mol. The lowest BCUT2D eigenvalue weighted by Crippen LogP contribution is -2.20. The van der Waals surface area contributed by atoms with Gasteiger partial charge in [0.15, 0.2) is 0 Å². The maximum Gasteiger partial charge on any atom is 0.433 e. The highest BCUT2D eigenvalue weighted by Gasteiger charge is 2.33. The molecule has 0 saturated heterocycles. The Hall–Kier alpha value is -0.230. The number of rotatable bonds is 2. The fraction of sp³-hybridized carbons (Fsp3) is 0.500. The van der Waals surface area contributed by atoms with Crippen LogP contribution in [0.25, 0.3) is 0 Å². The SMILES string of the molecule is [O-][S+](/C=C/F)CC(F)(F)F. The van der Waals surface area contributed by atoms with Crippen LogP contribution in [0.15, 0.2) is 11.7 Å². The minimum Gasteiger partial charge on any atom is -0.612 e. The summed E-state index contributed by atoms with van der Waals surface area (Å²) in [5.41, 5.74) is 0. The largest absolute Gasteiger partial charge is 0.612 e. The maximum absolute atomic E-state index is 11.3. The minimum atomic E-state index is -4.50. The second-order valence-corrected chi connectivity index (χ2v) is 2.72. The zero-order valence-electron chi connectivity index (χ0n) is 4.69. The van der Waals surface area contributed by atoms with Gasteiger partial charge in [-0.25, -0.2) is 4.39 Å². The highest BCUT2D eigenvalue weighted by molar-refractivity contribution is 7.94. The van der Waals surface area contributed by atoms with E-state index >= 15 is 0 Å². The molecule has 0 aliphatic carbocycles. The Morgan fingerprint density at radius 3 is 2.20 bits per heavy atom. The zero-order chi connectivity index (χ0) is 8.20. The van der Waals surface area contributed by atoms with Crippen LogP contribution in [-0.2, 0) is 11.2 Å². The van der Waals surface area contributed by atoms with Gasteiger partial charge >= 0.3 is 6.18 Å². The van der Waals surface area contributed by atoms with Gasteiger partial charge in [-0.15, -0.1) is 0 Å². The molecule has 0 saturated carbocycles. The fourth-order valence-electron chi connectivity index (χ4n) is 0.267. The van der Waals surface area contributed by atoms with Crippen LogP contribution >= 0.6 is 0 Å². The molecule has 0 heterocycles. The van der Waals surface area contributed by atoms with Crippen molar-refractivity contribution < 1.29 is 22.1 Å². The lowest BCUT2D eigenvalue weighted by Gasteiger charge is -2.06. The summed E-state index contributed by atoms with van der Waals surface area (Å²) in [4.78, 5) is 0. The molecule has 0 radical (unpaired) electrons. The van der Waals surface area contributed by atoms with Crippen molar-refractivity contribution >= 4 is 11.2 Å². The molecule has 0 bridgehead atoms. The Morgan fingerprint density at radius 2 is 1.90 bits per heavy atom. The standard InChI is InChI=1S/C4H4F4OS/c5-1-2-10(9)3-4(6,7)8/h1-2H,3H2/b2-1+. The van der Waals surface area contributed by atoms with Gasteiger partial charge in [0.2, 0.25) is 5.75 Å². The van der Waals surface area contributed by atoms with Gasteiger partial charge < -0.3 is 4.55 Å². The van der Waals surface area contributed by atoms with Crippen LogP contribution in [0.5, 0.6) is 0 Å². The molecule has 0 aromatic rings.